The van der Waals surface area contributed by atoms with Gasteiger partial charge in [0.15, 0.2) is 11.7 Å². The number of hydrogen-bond acceptors (Lipinski definition) is 5. The van der Waals surface area contributed by atoms with Gasteiger partial charge in [0.2, 0.25) is 0 Å². The molecular formula is C18H24F3IN4O2S. The van der Waals surface area contributed by atoms with Crippen LogP contribution in [0.25, 0.3) is 0 Å². The van der Waals surface area contributed by atoms with Crippen LogP contribution in [-0.4, -0.2) is 37.2 Å². The van der Waals surface area contributed by atoms with E-state index in [-0.39, 0.29) is 36.6 Å². The zero-order valence-corrected chi connectivity index (χ0v) is 19.4. The second-order valence-corrected chi connectivity index (χ2v) is 6.75. The Bertz CT molecular complexity index is 786. The SMILES string of the molecule is CCNC(=NCc1nc(C(F)(F)F)cs1)NCC(C)Oc1cccc(OC)c1.I. The van der Waals surface area contributed by atoms with Crippen LogP contribution in [0.3, 0.4) is 0 Å². The number of alkyl halides is 3. The van der Waals surface area contributed by atoms with Crippen molar-refractivity contribution in [1.82, 2.24) is 15.6 Å². The summed E-state index contributed by atoms with van der Waals surface area (Å²) in [4.78, 5) is 7.86. The van der Waals surface area contributed by atoms with Gasteiger partial charge in [0.05, 0.1) is 20.2 Å². The van der Waals surface area contributed by atoms with E-state index in [1.165, 1.54) is 0 Å². The molecule has 0 fully saturated rings. The maximum absolute atomic E-state index is 12.6. The van der Waals surface area contributed by atoms with Gasteiger partial charge >= 0.3 is 6.18 Å². The molecule has 0 bridgehead atoms. The predicted octanol–water partition coefficient (Wildman–Crippen LogP) is 4.31. The van der Waals surface area contributed by atoms with Crippen LogP contribution in [0.4, 0.5) is 13.2 Å². The van der Waals surface area contributed by atoms with Crippen LogP contribution < -0.4 is 20.1 Å². The summed E-state index contributed by atoms with van der Waals surface area (Å²) in [6.45, 7) is 4.92. The Labute approximate surface area is 188 Å². The maximum atomic E-state index is 12.6. The molecule has 6 nitrogen and oxygen atoms in total. The number of hydrogen-bond donors (Lipinski definition) is 2. The molecule has 0 saturated heterocycles. The van der Waals surface area contributed by atoms with Crippen molar-refractivity contribution < 1.29 is 22.6 Å². The summed E-state index contributed by atoms with van der Waals surface area (Å²) in [5.74, 6) is 1.86. The molecule has 0 saturated carbocycles. The third-order valence-corrected chi connectivity index (χ3v) is 4.33. The highest BCUT2D eigenvalue weighted by molar-refractivity contribution is 14.0. The van der Waals surface area contributed by atoms with E-state index in [2.05, 4.69) is 20.6 Å². The minimum Gasteiger partial charge on any atom is -0.497 e. The average molecular weight is 544 g/mol. The van der Waals surface area contributed by atoms with Gasteiger partial charge in [-0.1, -0.05) is 6.07 Å². The lowest BCUT2D eigenvalue weighted by atomic mass is 10.3. The van der Waals surface area contributed by atoms with Crippen molar-refractivity contribution in [2.75, 3.05) is 20.2 Å². The van der Waals surface area contributed by atoms with Gasteiger partial charge in [0.25, 0.3) is 0 Å². The normalized spacial score (nSPS) is 12.7. The van der Waals surface area contributed by atoms with E-state index in [1.807, 2.05) is 32.0 Å². The molecule has 29 heavy (non-hydrogen) atoms. The van der Waals surface area contributed by atoms with Crippen molar-refractivity contribution in [2.24, 2.45) is 4.99 Å². The first-order valence-electron chi connectivity index (χ1n) is 8.66. The monoisotopic (exact) mass is 544 g/mol. The Morgan fingerprint density at radius 1 is 1.28 bits per heavy atom. The molecule has 11 heteroatoms. The lowest BCUT2D eigenvalue weighted by molar-refractivity contribution is -0.140. The maximum Gasteiger partial charge on any atom is 0.434 e. The van der Waals surface area contributed by atoms with Crippen molar-refractivity contribution >= 4 is 41.3 Å². The second-order valence-electron chi connectivity index (χ2n) is 5.81. The van der Waals surface area contributed by atoms with Crippen molar-refractivity contribution in [3.63, 3.8) is 0 Å². The average Bonchev–Trinajstić information content (AvgIpc) is 3.13. The highest BCUT2D eigenvalue weighted by Crippen LogP contribution is 2.30. The summed E-state index contributed by atoms with van der Waals surface area (Å²) in [6, 6.07) is 7.28. The number of aliphatic imine (C=N–C) groups is 1. The van der Waals surface area contributed by atoms with Crippen LogP contribution in [0.1, 0.15) is 24.5 Å². The van der Waals surface area contributed by atoms with Crippen molar-refractivity contribution in [3.8, 4) is 11.5 Å². The van der Waals surface area contributed by atoms with Gasteiger partial charge in [-0.3, -0.25) is 0 Å². The number of nitrogens with zero attached hydrogens (tertiary/aromatic N) is 2. The number of rotatable bonds is 8. The zero-order chi connectivity index (χ0) is 20.6. The standard InChI is InChI=1S/C18H23F3N4O2S.HI/c1-4-22-17(24-10-16-25-15(11-28-16)18(19,20)21)23-9-12(2)27-14-7-5-6-13(8-14)26-3;/h5-8,11-12H,4,9-10H2,1-3H3,(H2,22,23,24);1H. The van der Waals surface area contributed by atoms with Gasteiger partial charge in [-0.2, -0.15) is 13.2 Å². The van der Waals surface area contributed by atoms with Gasteiger partial charge in [0, 0.05) is 18.0 Å². The van der Waals surface area contributed by atoms with Crippen LogP contribution in [0.5, 0.6) is 11.5 Å². The summed E-state index contributed by atoms with van der Waals surface area (Å²) in [5.41, 5.74) is -0.888. The number of nitrogens with one attached hydrogen (secondary N) is 2. The minimum absolute atomic E-state index is 0. The Hall–Kier alpha value is -1.76. The number of halogens is 4. The van der Waals surface area contributed by atoms with Gasteiger partial charge in [-0.15, -0.1) is 35.3 Å². The van der Waals surface area contributed by atoms with Gasteiger partial charge in [-0.05, 0) is 26.0 Å². The molecule has 1 unspecified atom stereocenters. The van der Waals surface area contributed by atoms with Gasteiger partial charge < -0.3 is 20.1 Å². The molecule has 1 atom stereocenters. The van der Waals surface area contributed by atoms with Crippen LogP contribution in [0.2, 0.25) is 0 Å². The number of guanidine groups is 1. The molecular weight excluding hydrogens is 520 g/mol. The van der Waals surface area contributed by atoms with Crippen molar-refractivity contribution in [2.45, 2.75) is 32.7 Å². The molecule has 2 aromatic rings. The lowest BCUT2D eigenvalue weighted by Crippen LogP contribution is -2.41. The van der Waals surface area contributed by atoms with Crippen LogP contribution >= 0.6 is 35.3 Å². The fourth-order valence-electron chi connectivity index (χ4n) is 2.19. The molecule has 1 aromatic heterocycles. The second kappa shape index (κ2) is 12.1. The molecule has 162 valence electrons. The van der Waals surface area contributed by atoms with Gasteiger partial charge in [0.1, 0.15) is 22.6 Å². The molecule has 0 radical (unpaired) electrons. The first kappa shape index (κ1) is 25.3. The van der Waals surface area contributed by atoms with Crippen molar-refractivity contribution in [1.29, 1.82) is 0 Å². The van der Waals surface area contributed by atoms with Crippen LogP contribution in [0, 0.1) is 0 Å². The summed E-state index contributed by atoms with van der Waals surface area (Å²) in [6.07, 6.45) is -4.61. The summed E-state index contributed by atoms with van der Waals surface area (Å²) in [7, 11) is 1.59. The van der Waals surface area contributed by atoms with E-state index in [0.29, 0.717) is 35.6 Å². The quantitative estimate of drug-likeness (QED) is 0.295. The van der Waals surface area contributed by atoms with E-state index in [0.717, 1.165) is 16.7 Å². The van der Waals surface area contributed by atoms with E-state index < -0.39 is 11.9 Å². The largest absolute Gasteiger partial charge is 0.497 e. The van der Waals surface area contributed by atoms with E-state index in [4.69, 9.17) is 9.47 Å². The smallest absolute Gasteiger partial charge is 0.434 e. The Balaban J connectivity index is 0.00000420. The Kier molecular flexibility index (Phi) is 10.5. The van der Waals surface area contributed by atoms with Crippen LogP contribution in [-0.2, 0) is 12.7 Å². The predicted molar refractivity (Wildman–Crippen MR) is 118 cm³/mol. The van der Waals surface area contributed by atoms with E-state index >= 15 is 0 Å². The first-order chi connectivity index (χ1) is 13.3. The lowest BCUT2D eigenvalue weighted by Gasteiger charge is -2.18. The summed E-state index contributed by atoms with van der Waals surface area (Å²) < 4.78 is 48.8. The Morgan fingerprint density at radius 3 is 2.62 bits per heavy atom. The number of aromatic nitrogens is 1. The van der Waals surface area contributed by atoms with Crippen molar-refractivity contribution in [3.05, 3.63) is 40.3 Å². The number of methoxy groups -OCH3 is 1. The molecule has 1 heterocycles. The number of benzene rings is 1. The van der Waals surface area contributed by atoms with Gasteiger partial charge in [-0.25, -0.2) is 9.98 Å². The topological polar surface area (TPSA) is 67.8 Å². The summed E-state index contributed by atoms with van der Waals surface area (Å²) >= 11 is 0.936. The van der Waals surface area contributed by atoms with Crippen LogP contribution in [0.15, 0.2) is 34.6 Å². The first-order valence-corrected chi connectivity index (χ1v) is 9.54. The number of thiazole rings is 1. The highest BCUT2D eigenvalue weighted by atomic mass is 127. The van der Waals surface area contributed by atoms with E-state index in [1.54, 1.807) is 13.2 Å². The molecule has 0 aliphatic heterocycles. The fraction of sp³-hybridized carbons (Fsp3) is 0.444. The van der Waals surface area contributed by atoms with E-state index in [9.17, 15) is 13.2 Å². The molecule has 0 aliphatic rings. The third kappa shape index (κ3) is 8.64. The zero-order valence-electron chi connectivity index (χ0n) is 16.2. The molecule has 0 spiro atoms. The Morgan fingerprint density at radius 2 is 2.00 bits per heavy atom. The highest BCUT2D eigenvalue weighted by Gasteiger charge is 2.33. The molecule has 0 amide bonds. The molecule has 1 aromatic carbocycles. The molecule has 0 aliphatic carbocycles. The summed E-state index contributed by atoms with van der Waals surface area (Å²) in [5, 5.41) is 7.45. The molecule has 2 rings (SSSR count). The minimum atomic E-state index is -4.44. The molecule has 2 N–H and O–H groups in total. The third-order valence-electron chi connectivity index (χ3n) is 3.49. The number of ether oxygens (including phenoxy) is 2. The fourth-order valence-corrected chi connectivity index (χ4v) is 2.92.